The Morgan fingerprint density at radius 1 is 1.23 bits per heavy atom. The molecule has 0 aliphatic rings. The van der Waals surface area contributed by atoms with Crippen LogP contribution in [0.15, 0.2) is 29.6 Å². The molecule has 3 aromatic rings. The van der Waals surface area contributed by atoms with E-state index in [4.69, 9.17) is 10.5 Å². The van der Waals surface area contributed by atoms with E-state index in [1.807, 2.05) is 31.2 Å². The molecule has 5 nitrogen and oxygen atoms in total. The molecule has 0 bridgehead atoms. The molecule has 0 unspecified atom stereocenters. The second-order valence-electron chi connectivity index (χ2n) is 4.89. The summed E-state index contributed by atoms with van der Waals surface area (Å²) in [6.07, 6.45) is 0. The van der Waals surface area contributed by atoms with E-state index in [0.29, 0.717) is 13.1 Å². The molecule has 22 heavy (non-hydrogen) atoms. The average molecular weight is 314 g/mol. The number of benzene rings is 1. The van der Waals surface area contributed by atoms with Crippen LogP contribution in [0, 0.1) is 6.92 Å². The lowest BCUT2D eigenvalue weighted by atomic mass is 10.1. The SMILES string of the molecule is COc1ccc(-c2csc3nc(C)nc(NCCN)c23)cc1. The molecule has 2 heterocycles. The number of thiophene rings is 1. The summed E-state index contributed by atoms with van der Waals surface area (Å²) >= 11 is 1.63. The molecule has 3 rings (SSSR count). The fraction of sp³-hybridized carbons (Fsp3) is 0.250. The van der Waals surface area contributed by atoms with Crippen LogP contribution in [-0.2, 0) is 0 Å². The van der Waals surface area contributed by atoms with Gasteiger partial charge in [-0.1, -0.05) is 12.1 Å². The zero-order valence-electron chi connectivity index (χ0n) is 12.6. The smallest absolute Gasteiger partial charge is 0.139 e. The molecular formula is C16H18N4OS. The van der Waals surface area contributed by atoms with Crippen LogP contribution < -0.4 is 15.8 Å². The Hall–Kier alpha value is -2.18. The second-order valence-corrected chi connectivity index (χ2v) is 5.75. The van der Waals surface area contributed by atoms with Crippen molar-refractivity contribution < 1.29 is 4.74 Å². The molecule has 0 atom stereocenters. The lowest BCUT2D eigenvalue weighted by Gasteiger charge is -2.09. The Morgan fingerprint density at radius 3 is 2.68 bits per heavy atom. The fourth-order valence-electron chi connectivity index (χ4n) is 2.35. The van der Waals surface area contributed by atoms with Crippen molar-refractivity contribution in [2.75, 3.05) is 25.5 Å². The van der Waals surface area contributed by atoms with E-state index in [1.54, 1.807) is 18.4 Å². The first kappa shape index (κ1) is 14.7. The van der Waals surface area contributed by atoms with Gasteiger partial charge in [0.05, 0.1) is 12.5 Å². The highest BCUT2D eigenvalue weighted by molar-refractivity contribution is 7.17. The third-order valence-corrected chi connectivity index (χ3v) is 4.26. The first-order chi connectivity index (χ1) is 10.7. The van der Waals surface area contributed by atoms with Crippen molar-refractivity contribution in [1.29, 1.82) is 0 Å². The molecule has 2 aromatic heterocycles. The maximum atomic E-state index is 5.60. The first-order valence-corrected chi connectivity index (χ1v) is 7.95. The number of anilines is 1. The van der Waals surface area contributed by atoms with Gasteiger partial charge in [0.1, 0.15) is 22.2 Å². The van der Waals surface area contributed by atoms with Crippen molar-refractivity contribution in [2.45, 2.75) is 6.92 Å². The Kier molecular flexibility index (Phi) is 4.22. The van der Waals surface area contributed by atoms with Gasteiger partial charge in [-0.3, -0.25) is 0 Å². The Balaban J connectivity index is 2.12. The van der Waals surface area contributed by atoms with Gasteiger partial charge >= 0.3 is 0 Å². The van der Waals surface area contributed by atoms with E-state index >= 15 is 0 Å². The molecule has 0 saturated carbocycles. The normalized spacial score (nSPS) is 10.9. The largest absolute Gasteiger partial charge is 0.497 e. The van der Waals surface area contributed by atoms with Gasteiger partial charge in [-0.25, -0.2) is 9.97 Å². The molecule has 3 N–H and O–H groups in total. The molecule has 1 aromatic carbocycles. The van der Waals surface area contributed by atoms with Crippen LogP contribution in [0.25, 0.3) is 21.3 Å². The summed E-state index contributed by atoms with van der Waals surface area (Å²) in [6.45, 7) is 3.15. The zero-order chi connectivity index (χ0) is 15.5. The lowest BCUT2D eigenvalue weighted by Crippen LogP contribution is -2.14. The number of hydrogen-bond acceptors (Lipinski definition) is 6. The number of hydrogen-bond donors (Lipinski definition) is 2. The Morgan fingerprint density at radius 2 is 2.00 bits per heavy atom. The monoisotopic (exact) mass is 314 g/mol. The predicted molar refractivity (Wildman–Crippen MR) is 91.7 cm³/mol. The number of aryl methyl sites for hydroxylation is 1. The van der Waals surface area contributed by atoms with Crippen LogP contribution in [0.4, 0.5) is 5.82 Å². The minimum atomic E-state index is 0.562. The fourth-order valence-corrected chi connectivity index (χ4v) is 3.34. The van der Waals surface area contributed by atoms with Crippen LogP contribution in [0.3, 0.4) is 0 Å². The predicted octanol–water partition coefficient (Wildman–Crippen LogP) is 3.05. The minimum Gasteiger partial charge on any atom is -0.497 e. The number of ether oxygens (including phenoxy) is 1. The molecule has 0 radical (unpaired) electrons. The van der Waals surface area contributed by atoms with Crippen LogP contribution in [0.5, 0.6) is 5.75 Å². The number of nitrogens with two attached hydrogens (primary N) is 1. The Labute approximate surface area is 133 Å². The van der Waals surface area contributed by atoms with Gasteiger partial charge in [-0.05, 0) is 24.6 Å². The van der Waals surface area contributed by atoms with E-state index < -0.39 is 0 Å². The minimum absolute atomic E-state index is 0.562. The van der Waals surface area contributed by atoms with E-state index in [0.717, 1.165) is 38.7 Å². The number of aromatic nitrogens is 2. The molecule has 0 amide bonds. The summed E-state index contributed by atoms with van der Waals surface area (Å²) < 4.78 is 5.22. The highest BCUT2D eigenvalue weighted by atomic mass is 32.1. The summed E-state index contributed by atoms with van der Waals surface area (Å²) in [4.78, 5) is 10.1. The van der Waals surface area contributed by atoms with Crippen molar-refractivity contribution >= 4 is 27.4 Å². The van der Waals surface area contributed by atoms with Crippen LogP contribution in [0.1, 0.15) is 5.82 Å². The molecule has 0 saturated heterocycles. The summed E-state index contributed by atoms with van der Waals surface area (Å²) in [7, 11) is 1.67. The molecule has 0 fully saturated rings. The molecule has 0 aliphatic carbocycles. The number of fused-ring (bicyclic) bond motifs is 1. The quantitative estimate of drug-likeness (QED) is 0.757. The van der Waals surface area contributed by atoms with Crippen molar-refractivity contribution in [2.24, 2.45) is 5.73 Å². The number of rotatable bonds is 5. The molecule has 0 spiro atoms. The highest BCUT2D eigenvalue weighted by Gasteiger charge is 2.14. The number of nitrogens with zero attached hydrogens (tertiary/aromatic N) is 2. The third kappa shape index (κ3) is 2.75. The first-order valence-electron chi connectivity index (χ1n) is 7.07. The highest BCUT2D eigenvalue weighted by Crippen LogP contribution is 2.37. The lowest BCUT2D eigenvalue weighted by molar-refractivity contribution is 0.415. The molecule has 6 heteroatoms. The van der Waals surface area contributed by atoms with Crippen LogP contribution >= 0.6 is 11.3 Å². The van der Waals surface area contributed by atoms with Crippen LogP contribution in [-0.4, -0.2) is 30.2 Å². The van der Waals surface area contributed by atoms with E-state index in [2.05, 4.69) is 20.7 Å². The van der Waals surface area contributed by atoms with Gasteiger partial charge in [0.15, 0.2) is 0 Å². The number of nitrogens with one attached hydrogen (secondary N) is 1. The van der Waals surface area contributed by atoms with Gasteiger partial charge in [-0.2, -0.15) is 0 Å². The van der Waals surface area contributed by atoms with Crippen molar-refractivity contribution in [3.05, 3.63) is 35.5 Å². The molecule has 114 valence electrons. The van der Waals surface area contributed by atoms with E-state index in [-0.39, 0.29) is 0 Å². The summed E-state index contributed by atoms with van der Waals surface area (Å²) in [5, 5.41) is 6.47. The summed E-state index contributed by atoms with van der Waals surface area (Å²) in [5.41, 5.74) is 7.85. The molecular weight excluding hydrogens is 296 g/mol. The zero-order valence-corrected chi connectivity index (χ0v) is 13.4. The van der Waals surface area contributed by atoms with E-state index in [1.165, 1.54) is 0 Å². The van der Waals surface area contributed by atoms with Gasteiger partial charge in [-0.15, -0.1) is 11.3 Å². The number of methoxy groups -OCH3 is 1. The summed E-state index contributed by atoms with van der Waals surface area (Å²) in [6, 6.07) is 8.02. The maximum Gasteiger partial charge on any atom is 0.139 e. The summed E-state index contributed by atoms with van der Waals surface area (Å²) in [5.74, 6) is 2.45. The third-order valence-electron chi connectivity index (χ3n) is 3.38. The van der Waals surface area contributed by atoms with Crippen molar-refractivity contribution in [3.8, 4) is 16.9 Å². The van der Waals surface area contributed by atoms with Gasteiger partial charge < -0.3 is 15.8 Å². The van der Waals surface area contributed by atoms with Crippen molar-refractivity contribution in [3.63, 3.8) is 0 Å². The average Bonchev–Trinajstić information content (AvgIpc) is 2.96. The second kappa shape index (κ2) is 6.29. The Bertz CT molecular complexity index is 783. The molecule has 0 aliphatic heterocycles. The van der Waals surface area contributed by atoms with E-state index in [9.17, 15) is 0 Å². The maximum absolute atomic E-state index is 5.60. The van der Waals surface area contributed by atoms with Crippen molar-refractivity contribution in [1.82, 2.24) is 9.97 Å². The standard InChI is InChI=1S/C16H18N4OS/c1-10-19-15(18-8-7-17)14-13(9-22-16(14)20-10)11-3-5-12(21-2)6-4-11/h3-6,9H,7-8,17H2,1-2H3,(H,18,19,20). The topological polar surface area (TPSA) is 73.1 Å². The van der Waals surface area contributed by atoms with Gasteiger partial charge in [0.25, 0.3) is 0 Å². The van der Waals surface area contributed by atoms with Gasteiger partial charge in [0, 0.05) is 24.0 Å². The van der Waals surface area contributed by atoms with Crippen LogP contribution in [0.2, 0.25) is 0 Å². The van der Waals surface area contributed by atoms with Gasteiger partial charge in [0.2, 0.25) is 0 Å².